The second-order valence-corrected chi connectivity index (χ2v) is 4.62. The number of hydrogen-bond acceptors (Lipinski definition) is 7. The van der Waals surface area contributed by atoms with E-state index in [9.17, 15) is 15.3 Å². The van der Waals surface area contributed by atoms with E-state index in [1.807, 2.05) is 0 Å². The highest BCUT2D eigenvalue weighted by atomic mass is 16.7. The third-order valence-corrected chi connectivity index (χ3v) is 3.21. The van der Waals surface area contributed by atoms with Crippen LogP contribution in [0.4, 0.5) is 0 Å². The molecule has 0 amide bonds. The average molecular weight is 286 g/mol. The second-order valence-electron chi connectivity index (χ2n) is 4.62. The van der Waals surface area contributed by atoms with Gasteiger partial charge >= 0.3 is 0 Å². The number of ether oxygens (including phenoxy) is 2. The van der Waals surface area contributed by atoms with Crippen molar-refractivity contribution in [3.63, 3.8) is 0 Å². The molecule has 1 aliphatic rings. The largest absolute Gasteiger partial charge is 0.462 e. The molecule has 0 spiro atoms. The Bertz CT molecular complexity index is 419. The van der Waals surface area contributed by atoms with Crippen molar-refractivity contribution in [1.29, 1.82) is 0 Å². The molecule has 1 aromatic carbocycles. The van der Waals surface area contributed by atoms with Gasteiger partial charge in [0.25, 0.3) is 0 Å². The molecule has 7 nitrogen and oxygen atoms in total. The minimum atomic E-state index is -1.47. The van der Waals surface area contributed by atoms with E-state index in [0.29, 0.717) is 11.3 Å². The second kappa shape index (κ2) is 6.49. The Kier molecular flexibility index (Phi) is 4.92. The lowest BCUT2D eigenvalue weighted by atomic mass is 9.99. The standard InChI is InChI=1S/C13H18O7/c14-5-7-1-3-8(4-2-7)19-13-12(18)11(17)10(16)9(6-15)20-13/h1-4,9-18H,5-6H2/t9-,10+,11-,12-,13-/m1/s1. The molecule has 0 unspecified atom stereocenters. The molecule has 112 valence electrons. The maximum atomic E-state index is 9.80. The predicted molar refractivity (Wildman–Crippen MR) is 66.8 cm³/mol. The summed E-state index contributed by atoms with van der Waals surface area (Å²) < 4.78 is 10.6. The van der Waals surface area contributed by atoms with Gasteiger partial charge in [0.05, 0.1) is 13.2 Å². The van der Waals surface area contributed by atoms with Gasteiger partial charge in [-0.15, -0.1) is 0 Å². The van der Waals surface area contributed by atoms with Gasteiger partial charge < -0.3 is 35.0 Å². The Morgan fingerprint density at radius 1 is 0.950 bits per heavy atom. The summed E-state index contributed by atoms with van der Waals surface area (Å²) in [6.07, 6.45) is -6.53. The molecule has 1 aliphatic heterocycles. The molecule has 1 heterocycles. The molecule has 5 atom stereocenters. The Morgan fingerprint density at radius 3 is 2.15 bits per heavy atom. The molecule has 0 saturated carbocycles. The van der Waals surface area contributed by atoms with Crippen molar-refractivity contribution < 1.29 is 35.0 Å². The van der Waals surface area contributed by atoms with Crippen LogP contribution in [0, 0.1) is 0 Å². The number of hydrogen-bond donors (Lipinski definition) is 5. The van der Waals surface area contributed by atoms with E-state index >= 15 is 0 Å². The van der Waals surface area contributed by atoms with Gasteiger partial charge in [0.1, 0.15) is 30.2 Å². The summed E-state index contributed by atoms with van der Waals surface area (Å²) in [5.74, 6) is 0.367. The van der Waals surface area contributed by atoms with Crippen molar-refractivity contribution in [2.24, 2.45) is 0 Å². The van der Waals surface area contributed by atoms with Crippen LogP contribution >= 0.6 is 0 Å². The summed E-state index contributed by atoms with van der Waals surface area (Å²) >= 11 is 0. The Labute approximate surface area is 115 Å². The SMILES string of the molecule is OCc1ccc(O[C@@H]2O[C@H](CO)[C@H](O)[C@@H](O)[C@H]2O)cc1. The van der Waals surface area contributed by atoms with Crippen LogP contribution in [0.3, 0.4) is 0 Å². The molecule has 2 rings (SSSR count). The van der Waals surface area contributed by atoms with Gasteiger partial charge in [-0.05, 0) is 17.7 Å². The van der Waals surface area contributed by atoms with E-state index in [1.165, 1.54) is 0 Å². The number of benzene rings is 1. The summed E-state index contributed by atoms with van der Waals surface area (Å²) in [7, 11) is 0. The molecular formula is C13H18O7. The van der Waals surface area contributed by atoms with Crippen LogP contribution in [0.15, 0.2) is 24.3 Å². The van der Waals surface area contributed by atoms with E-state index in [4.69, 9.17) is 19.7 Å². The van der Waals surface area contributed by atoms with Gasteiger partial charge in [0.2, 0.25) is 6.29 Å². The van der Waals surface area contributed by atoms with E-state index in [0.717, 1.165) is 0 Å². The molecule has 1 fully saturated rings. The van der Waals surface area contributed by atoms with E-state index in [-0.39, 0.29) is 6.61 Å². The van der Waals surface area contributed by atoms with Gasteiger partial charge in [-0.2, -0.15) is 0 Å². The van der Waals surface area contributed by atoms with Crippen LogP contribution in [0.5, 0.6) is 5.75 Å². The third-order valence-electron chi connectivity index (χ3n) is 3.21. The smallest absolute Gasteiger partial charge is 0.229 e. The first-order valence-corrected chi connectivity index (χ1v) is 6.23. The average Bonchev–Trinajstić information content (AvgIpc) is 2.48. The van der Waals surface area contributed by atoms with Crippen molar-refractivity contribution in [3.05, 3.63) is 29.8 Å². The number of rotatable bonds is 4. The van der Waals surface area contributed by atoms with Gasteiger partial charge in [0.15, 0.2) is 0 Å². The molecule has 7 heteroatoms. The molecule has 0 aromatic heterocycles. The molecule has 0 aliphatic carbocycles. The van der Waals surface area contributed by atoms with Gasteiger partial charge in [0, 0.05) is 0 Å². The predicted octanol–water partition coefficient (Wildman–Crippen LogP) is -1.64. The summed E-state index contributed by atoms with van der Waals surface area (Å²) in [6, 6.07) is 6.43. The zero-order valence-corrected chi connectivity index (χ0v) is 10.7. The lowest BCUT2D eigenvalue weighted by Crippen LogP contribution is -2.60. The Hall–Kier alpha value is -1.22. The van der Waals surface area contributed by atoms with Gasteiger partial charge in [-0.3, -0.25) is 0 Å². The fraction of sp³-hybridized carbons (Fsp3) is 0.538. The highest BCUT2D eigenvalue weighted by Crippen LogP contribution is 2.24. The molecule has 0 radical (unpaired) electrons. The van der Waals surface area contributed by atoms with Crippen LogP contribution in [-0.4, -0.2) is 62.8 Å². The highest BCUT2D eigenvalue weighted by molar-refractivity contribution is 5.27. The maximum absolute atomic E-state index is 9.80. The normalized spacial score (nSPS) is 34.0. The van der Waals surface area contributed by atoms with Crippen LogP contribution in [-0.2, 0) is 11.3 Å². The third kappa shape index (κ3) is 3.09. The lowest BCUT2D eigenvalue weighted by molar-refractivity contribution is -0.277. The number of aliphatic hydroxyl groups is 5. The van der Waals surface area contributed by atoms with Crippen molar-refractivity contribution in [3.8, 4) is 5.75 Å². The van der Waals surface area contributed by atoms with Crippen LogP contribution in [0.1, 0.15) is 5.56 Å². The van der Waals surface area contributed by atoms with Crippen molar-refractivity contribution in [2.75, 3.05) is 6.61 Å². The van der Waals surface area contributed by atoms with Crippen molar-refractivity contribution in [2.45, 2.75) is 37.3 Å². The molecule has 0 bridgehead atoms. The van der Waals surface area contributed by atoms with Crippen LogP contribution < -0.4 is 4.74 Å². The van der Waals surface area contributed by atoms with E-state index in [2.05, 4.69) is 0 Å². The van der Waals surface area contributed by atoms with Crippen LogP contribution in [0.2, 0.25) is 0 Å². The molecular weight excluding hydrogens is 268 g/mol. The molecule has 5 N–H and O–H groups in total. The van der Waals surface area contributed by atoms with E-state index in [1.54, 1.807) is 24.3 Å². The first-order chi connectivity index (χ1) is 9.56. The fourth-order valence-corrected chi connectivity index (χ4v) is 1.97. The first kappa shape index (κ1) is 15.2. The summed E-state index contributed by atoms with van der Waals surface area (Å²) in [4.78, 5) is 0. The summed E-state index contributed by atoms with van der Waals surface area (Å²) in [5.41, 5.74) is 0.700. The number of aliphatic hydroxyl groups excluding tert-OH is 5. The molecule has 1 saturated heterocycles. The highest BCUT2D eigenvalue weighted by Gasteiger charge is 2.44. The lowest BCUT2D eigenvalue weighted by Gasteiger charge is -2.39. The Balaban J connectivity index is 2.06. The minimum Gasteiger partial charge on any atom is -0.462 e. The topological polar surface area (TPSA) is 120 Å². The van der Waals surface area contributed by atoms with Gasteiger partial charge in [-0.1, -0.05) is 12.1 Å². The summed E-state index contributed by atoms with van der Waals surface area (Å²) in [6.45, 7) is -0.603. The monoisotopic (exact) mass is 286 g/mol. The zero-order chi connectivity index (χ0) is 14.7. The van der Waals surface area contributed by atoms with Crippen LogP contribution in [0.25, 0.3) is 0 Å². The first-order valence-electron chi connectivity index (χ1n) is 6.23. The molecule has 1 aromatic rings. The quantitative estimate of drug-likeness (QED) is 0.450. The van der Waals surface area contributed by atoms with E-state index < -0.39 is 37.3 Å². The summed E-state index contributed by atoms with van der Waals surface area (Å²) in [5, 5.41) is 47.0. The fourth-order valence-electron chi connectivity index (χ4n) is 1.97. The van der Waals surface area contributed by atoms with Crippen molar-refractivity contribution >= 4 is 0 Å². The Morgan fingerprint density at radius 2 is 1.60 bits per heavy atom. The maximum Gasteiger partial charge on any atom is 0.229 e. The van der Waals surface area contributed by atoms with Gasteiger partial charge in [-0.25, -0.2) is 0 Å². The molecule has 20 heavy (non-hydrogen) atoms. The zero-order valence-electron chi connectivity index (χ0n) is 10.7. The van der Waals surface area contributed by atoms with Crippen molar-refractivity contribution in [1.82, 2.24) is 0 Å². The minimum absolute atomic E-state index is 0.0969.